The van der Waals surface area contributed by atoms with Gasteiger partial charge in [0.2, 0.25) is 0 Å². The third-order valence-corrected chi connectivity index (χ3v) is 7.12. The Morgan fingerprint density at radius 1 is 1.16 bits per heavy atom. The number of hydrogen-bond donors (Lipinski definition) is 0. The Labute approximate surface area is 219 Å². The van der Waals surface area contributed by atoms with E-state index in [2.05, 4.69) is 29.0 Å². The fourth-order valence-electron chi connectivity index (χ4n) is 5.23. The second-order valence-electron chi connectivity index (χ2n) is 10.2. The molecule has 7 heteroatoms. The van der Waals surface area contributed by atoms with Crippen molar-refractivity contribution in [1.29, 1.82) is 0 Å². The van der Waals surface area contributed by atoms with Gasteiger partial charge in [-0.1, -0.05) is 12.1 Å². The maximum absolute atomic E-state index is 13.0. The van der Waals surface area contributed by atoms with E-state index in [9.17, 15) is 4.79 Å². The molecular weight excluding hydrogens is 464 g/mol. The summed E-state index contributed by atoms with van der Waals surface area (Å²) in [5.74, 6) is 1.54. The van der Waals surface area contributed by atoms with Crippen molar-refractivity contribution in [2.75, 3.05) is 26.3 Å². The van der Waals surface area contributed by atoms with Crippen molar-refractivity contribution in [3.63, 3.8) is 0 Å². The summed E-state index contributed by atoms with van der Waals surface area (Å²) in [6, 6.07) is 8.35. The van der Waals surface area contributed by atoms with Gasteiger partial charge in [-0.15, -0.1) is 0 Å². The monoisotopic (exact) mass is 500 g/mol. The molecule has 1 unspecified atom stereocenters. The average molecular weight is 501 g/mol. The van der Waals surface area contributed by atoms with Gasteiger partial charge in [0.05, 0.1) is 31.2 Å². The molecule has 3 aromatic heterocycles. The summed E-state index contributed by atoms with van der Waals surface area (Å²) in [4.78, 5) is 24.8. The molecule has 3 aromatic rings. The molecule has 0 spiro atoms. The second kappa shape index (κ2) is 11.4. The summed E-state index contributed by atoms with van der Waals surface area (Å²) >= 11 is 0. The van der Waals surface area contributed by atoms with Crippen molar-refractivity contribution in [2.45, 2.75) is 58.6 Å². The van der Waals surface area contributed by atoms with E-state index < -0.39 is 0 Å². The first-order valence-electron chi connectivity index (χ1n) is 13.3. The Kier molecular flexibility index (Phi) is 7.82. The van der Waals surface area contributed by atoms with Gasteiger partial charge >= 0.3 is 0 Å². The van der Waals surface area contributed by atoms with Gasteiger partial charge < -0.3 is 14.0 Å². The third-order valence-electron chi connectivity index (χ3n) is 7.12. The fraction of sp³-hybridized carbons (Fsp3) is 0.433. The van der Waals surface area contributed by atoms with Crippen molar-refractivity contribution < 1.29 is 14.3 Å². The van der Waals surface area contributed by atoms with E-state index in [0.717, 1.165) is 74.0 Å². The van der Waals surface area contributed by atoms with Gasteiger partial charge in [-0.3, -0.25) is 14.7 Å². The molecule has 1 saturated heterocycles. The molecule has 0 bridgehead atoms. The molecule has 1 fully saturated rings. The topological polar surface area (TPSA) is 69.5 Å². The Morgan fingerprint density at radius 2 is 2.00 bits per heavy atom. The lowest BCUT2D eigenvalue weighted by Crippen LogP contribution is -2.43. The lowest BCUT2D eigenvalue weighted by Gasteiger charge is -2.36. The highest BCUT2D eigenvalue weighted by molar-refractivity contribution is 5.97. The lowest BCUT2D eigenvalue weighted by molar-refractivity contribution is 0.0150. The van der Waals surface area contributed by atoms with Crippen molar-refractivity contribution in [1.82, 2.24) is 19.4 Å². The number of morpholine rings is 1. The molecule has 7 nitrogen and oxygen atoms in total. The van der Waals surface area contributed by atoms with Gasteiger partial charge in [0.1, 0.15) is 11.6 Å². The number of aryl methyl sites for hydroxylation is 1. The first kappa shape index (κ1) is 25.4. The van der Waals surface area contributed by atoms with E-state index in [1.807, 2.05) is 55.2 Å². The summed E-state index contributed by atoms with van der Waals surface area (Å²) in [5, 5.41) is 0. The lowest BCUT2D eigenvalue weighted by atomic mass is 9.90. The Balaban J connectivity index is 1.21. The minimum absolute atomic E-state index is 0.0673. The number of ether oxygens (including phenoxy) is 2. The number of ketones is 1. The predicted octanol–water partition coefficient (Wildman–Crippen LogP) is 5.06. The van der Waals surface area contributed by atoms with Crippen LogP contribution in [0.4, 0.5) is 0 Å². The number of carbonyl (C=O) groups is 1. The van der Waals surface area contributed by atoms with Crippen LogP contribution in [0.15, 0.2) is 55.1 Å². The van der Waals surface area contributed by atoms with Crippen LogP contribution >= 0.6 is 0 Å². The zero-order chi connectivity index (χ0) is 25.8. The average Bonchev–Trinajstić information content (AvgIpc) is 3.40. The zero-order valence-electron chi connectivity index (χ0n) is 22.0. The van der Waals surface area contributed by atoms with Crippen LogP contribution in [0.1, 0.15) is 60.3 Å². The molecule has 0 saturated carbocycles. The molecule has 194 valence electrons. The van der Waals surface area contributed by atoms with Gasteiger partial charge in [0.25, 0.3) is 0 Å². The largest absolute Gasteiger partial charge is 0.489 e. The Bertz CT molecular complexity index is 1260. The molecule has 1 aliphatic heterocycles. The van der Waals surface area contributed by atoms with E-state index in [4.69, 9.17) is 14.5 Å². The number of nitrogens with zero attached hydrogens (tertiary/aromatic N) is 4. The highest BCUT2D eigenvalue weighted by atomic mass is 16.5. The van der Waals surface area contributed by atoms with Gasteiger partial charge in [-0.2, -0.15) is 0 Å². The van der Waals surface area contributed by atoms with Gasteiger partial charge in [0, 0.05) is 49.7 Å². The molecule has 0 amide bonds. The summed E-state index contributed by atoms with van der Waals surface area (Å²) in [7, 11) is 0. The summed E-state index contributed by atoms with van der Waals surface area (Å²) in [5.41, 5.74) is 5.13. The van der Waals surface area contributed by atoms with Crippen molar-refractivity contribution in [3.8, 4) is 11.6 Å². The highest BCUT2D eigenvalue weighted by Gasteiger charge is 2.24. The molecule has 1 atom stereocenters. The summed E-state index contributed by atoms with van der Waals surface area (Å²) in [6.45, 7) is 9.82. The molecule has 0 N–H and O–H groups in total. The quantitative estimate of drug-likeness (QED) is 0.403. The van der Waals surface area contributed by atoms with Gasteiger partial charge in [0.15, 0.2) is 5.78 Å². The van der Waals surface area contributed by atoms with E-state index in [1.54, 1.807) is 6.20 Å². The number of carbonyl (C=O) groups excluding carboxylic acids is 1. The van der Waals surface area contributed by atoms with Crippen LogP contribution in [0, 0.1) is 6.92 Å². The summed E-state index contributed by atoms with van der Waals surface area (Å²) in [6.07, 6.45) is 13.3. The third kappa shape index (κ3) is 6.17. The predicted molar refractivity (Wildman–Crippen MR) is 144 cm³/mol. The first-order chi connectivity index (χ1) is 18.0. The van der Waals surface area contributed by atoms with Crippen LogP contribution in [-0.2, 0) is 11.2 Å². The zero-order valence-corrected chi connectivity index (χ0v) is 22.0. The Hall–Kier alpha value is -3.29. The van der Waals surface area contributed by atoms with Crippen LogP contribution in [0.25, 0.3) is 11.4 Å². The molecule has 4 heterocycles. The standard InChI is InChI=1S/C30H36N4O3/c1-21(2)37-27-8-9-29(31-19-27)34-11-10-25(20-34)28(35)17-23-16-22(3)30(32-18-23)24-4-6-26(7-5-24)33-12-14-36-15-13-33/h4,8-11,16,18-21,26H,5-7,12-15,17H2,1-3H3. The Morgan fingerprint density at radius 3 is 2.68 bits per heavy atom. The van der Waals surface area contributed by atoms with Crippen molar-refractivity contribution >= 4 is 11.4 Å². The molecule has 0 radical (unpaired) electrons. The minimum Gasteiger partial charge on any atom is -0.489 e. The first-order valence-corrected chi connectivity index (χ1v) is 13.3. The van der Waals surface area contributed by atoms with Crippen molar-refractivity contribution in [2.24, 2.45) is 0 Å². The van der Waals surface area contributed by atoms with Gasteiger partial charge in [-0.05, 0) is 74.9 Å². The van der Waals surface area contributed by atoms with E-state index in [0.29, 0.717) is 18.0 Å². The molecule has 1 aliphatic carbocycles. The van der Waals surface area contributed by atoms with Crippen LogP contribution < -0.4 is 4.74 Å². The van der Waals surface area contributed by atoms with Crippen LogP contribution in [0.2, 0.25) is 0 Å². The highest BCUT2D eigenvalue weighted by Crippen LogP contribution is 2.30. The molecule has 5 rings (SSSR count). The number of hydrogen-bond acceptors (Lipinski definition) is 6. The van der Waals surface area contributed by atoms with Crippen LogP contribution in [-0.4, -0.2) is 63.7 Å². The molecule has 0 aromatic carbocycles. The van der Waals surface area contributed by atoms with Crippen LogP contribution in [0.5, 0.6) is 5.75 Å². The number of pyridine rings is 2. The molecule has 37 heavy (non-hydrogen) atoms. The van der Waals surface area contributed by atoms with Crippen LogP contribution in [0.3, 0.4) is 0 Å². The van der Waals surface area contributed by atoms with Gasteiger partial charge in [-0.25, -0.2) is 4.98 Å². The second-order valence-corrected chi connectivity index (χ2v) is 10.2. The van der Waals surface area contributed by atoms with Crippen molar-refractivity contribution in [3.05, 3.63) is 77.5 Å². The fourth-order valence-corrected chi connectivity index (χ4v) is 5.23. The summed E-state index contributed by atoms with van der Waals surface area (Å²) < 4.78 is 13.0. The smallest absolute Gasteiger partial charge is 0.168 e. The molecular formula is C30H36N4O3. The maximum Gasteiger partial charge on any atom is 0.168 e. The minimum atomic E-state index is 0.0673. The number of aromatic nitrogens is 3. The van der Waals surface area contributed by atoms with E-state index in [1.165, 1.54) is 5.57 Å². The number of rotatable bonds is 8. The SMILES string of the molecule is Cc1cc(CC(=O)c2ccn(-c3ccc(OC(C)C)cn3)c2)cnc1C1=CCC(N2CCOCC2)CC1. The molecule has 2 aliphatic rings. The number of Topliss-reactive ketones (excluding diaryl/α,β-unsaturated/α-hetero) is 1. The van der Waals surface area contributed by atoms with E-state index >= 15 is 0 Å². The number of allylic oxidation sites excluding steroid dienone is 1. The maximum atomic E-state index is 13.0. The normalized spacial score (nSPS) is 18.6. The van der Waals surface area contributed by atoms with E-state index in [-0.39, 0.29) is 11.9 Å².